The van der Waals surface area contributed by atoms with E-state index in [2.05, 4.69) is 58.4 Å². The topological polar surface area (TPSA) is 71.0 Å². The van der Waals surface area contributed by atoms with Gasteiger partial charge in [0.05, 0.1) is 25.8 Å². The molecule has 7 heteroatoms. The Hall–Kier alpha value is -2.80. The molecule has 1 atom stereocenters. The van der Waals surface area contributed by atoms with Gasteiger partial charge in [-0.25, -0.2) is 9.98 Å². The van der Waals surface area contributed by atoms with Crippen molar-refractivity contribution in [2.24, 2.45) is 4.99 Å². The molecule has 1 fully saturated rings. The molecular weight excluding hydrogens is 378 g/mol. The largest absolute Gasteiger partial charge is 0.492 e. The number of hydrogen-bond donors (Lipinski definition) is 2. The first-order valence-electron chi connectivity index (χ1n) is 10.7. The number of aliphatic imine (C=N–C) groups is 1. The minimum Gasteiger partial charge on any atom is -0.492 e. The van der Waals surface area contributed by atoms with E-state index in [1.165, 1.54) is 5.56 Å². The SMILES string of the molecule is CCNC(=NCc1ccc(N2CCOC(C)C2)nc1)NCCOc1ccc(C)cc1. The highest BCUT2D eigenvalue weighted by molar-refractivity contribution is 5.79. The minimum atomic E-state index is 0.244. The molecule has 0 aliphatic carbocycles. The first-order chi connectivity index (χ1) is 14.6. The van der Waals surface area contributed by atoms with E-state index >= 15 is 0 Å². The van der Waals surface area contributed by atoms with Crippen molar-refractivity contribution < 1.29 is 9.47 Å². The number of aryl methyl sites for hydroxylation is 1. The zero-order valence-electron chi connectivity index (χ0n) is 18.2. The highest BCUT2D eigenvalue weighted by atomic mass is 16.5. The summed E-state index contributed by atoms with van der Waals surface area (Å²) >= 11 is 0. The fraction of sp³-hybridized carbons (Fsp3) is 0.478. The third kappa shape index (κ3) is 6.91. The van der Waals surface area contributed by atoms with E-state index in [-0.39, 0.29) is 6.10 Å². The summed E-state index contributed by atoms with van der Waals surface area (Å²) in [5.41, 5.74) is 2.30. The van der Waals surface area contributed by atoms with Crippen molar-refractivity contribution in [3.05, 3.63) is 53.7 Å². The maximum Gasteiger partial charge on any atom is 0.191 e. The Morgan fingerprint density at radius 3 is 2.77 bits per heavy atom. The maximum atomic E-state index is 5.76. The van der Waals surface area contributed by atoms with Gasteiger partial charge in [-0.05, 0) is 44.5 Å². The van der Waals surface area contributed by atoms with Crippen molar-refractivity contribution in [2.75, 3.05) is 44.3 Å². The predicted octanol–water partition coefficient (Wildman–Crippen LogP) is 2.75. The van der Waals surface area contributed by atoms with Crippen LogP contribution in [0.3, 0.4) is 0 Å². The van der Waals surface area contributed by atoms with Gasteiger partial charge >= 0.3 is 0 Å². The van der Waals surface area contributed by atoms with Crippen molar-refractivity contribution in [1.82, 2.24) is 15.6 Å². The maximum absolute atomic E-state index is 5.76. The molecular formula is C23H33N5O2. The molecule has 1 aliphatic heterocycles. The summed E-state index contributed by atoms with van der Waals surface area (Å²) in [5.74, 6) is 2.65. The fourth-order valence-corrected chi connectivity index (χ4v) is 3.21. The van der Waals surface area contributed by atoms with Crippen LogP contribution < -0.4 is 20.3 Å². The van der Waals surface area contributed by atoms with E-state index in [4.69, 9.17) is 9.47 Å². The second-order valence-electron chi connectivity index (χ2n) is 7.44. The summed E-state index contributed by atoms with van der Waals surface area (Å²) in [6.45, 7) is 11.3. The molecule has 1 aromatic heterocycles. The van der Waals surface area contributed by atoms with Crippen LogP contribution in [0, 0.1) is 6.92 Å². The molecule has 1 unspecified atom stereocenters. The van der Waals surface area contributed by atoms with E-state index in [1.54, 1.807) is 0 Å². The summed E-state index contributed by atoms with van der Waals surface area (Å²) in [7, 11) is 0. The van der Waals surface area contributed by atoms with E-state index < -0.39 is 0 Å². The molecule has 2 heterocycles. The summed E-state index contributed by atoms with van der Waals surface area (Å²) in [6.07, 6.45) is 2.15. The number of pyridine rings is 1. The van der Waals surface area contributed by atoms with Gasteiger partial charge in [0.2, 0.25) is 0 Å². The van der Waals surface area contributed by atoms with Crippen LogP contribution in [-0.4, -0.2) is 56.4 Å². The Balaban J connectivity index is 1.46. The number of nitrogens with one attached hydrogen (secondary N) is 2. The molecule has 0 amide bonds. The van der Waals surface area contributed by atoms with Crippen molar-refractivity contribution >= 4 is 11.8 Å². The van der Waals surface area contributed by atoms with Crippen LogP contribution in [0.1, 0.15) is 25.0 Å². The molecule has 1 aliphatic rings. The molecule has 3 rings (SSSR count). The number of nitrogens with zero attached hydrogens (tertiary/aromatic N) is 3. The monoisotopic (exact) mass is 411 g/mol. The number of anilines is 1. The van der Waals surface area contributed by atoms with Crippen molar-refractivity contribution in [3.8, 4) is 5.75 Å². The quantitative estimate of drug-likeness (QED) is 0.395. The molecule has 30 heavy (non-hydrogen) atoms. The van der Waals surface area contributed by atoms with Crippen molar-refractivity contribution in [3.63, 3.8) is 0 Å². The zero-order chi connectivity index (χ0) is 21.2. The van der Waals surface area contributed by atoms with E-state index in [1.807, 2.05) is 30.5 Å². The molecule has 0 saturated carbocycles. The van der Waals surface area contributed by atoms with Crippen LogP contribution in [0.25, 0.3) is 0 Å². The number of hydrogen-bond acceptors (Lipinski definition) is 5. The lowest BCUT2D eigenvalue weighted by Gasteiger charge is -2.32. The average molecular weight is 412 g/mol. The Kier molecular flexibility index (Phi) is 8.32. The Labute approximate surface area is 179 Å². The highest BCUT2D eigenvalue weighted by Crippen LogP contribution is 2.15. The van der Waals surface area contributed by atoms with Gasteiger partial charge in [0.15, 0.2) is 5.96 Å². The summed E-state index contributed by atoms with van der Waals surface area (Å²) < 4.78 is 11.4. The molecule has 0 radical (unpaired) electrons. The number of ether oxygens (including phenoxy) is 2. The first kappa shape index (κ1) is 21.9. The average Bonchev–Trinajstić information content (AvgIpc) is 2.76. The first-order valence-corrected chi connectivity index (χ1v) is 10.7. The number of morpholine rings is 1. The van der Waals surface area contributed by atoms with Gasteiger partial charge < -0.3 is 25.0 Å². The lowest BCUT2D eigenvalue weighted by Crippen LogP contribution is -2.41. The highest BCUT2D eigenvalue weighted by Gasteiger charge is 2.17. The molecule has 162 valence electrons. The number of rotatable bonds is 8. The smallest absolute Gasteiger partial charge is 0.191 e. The van der Waals surface area contributed by atoms with Crippen LogP contribution >= 0.6 is 0 Å². The summed E-state index contributed by atoms with van der Waals surface area (Å²) in [5, 5.41) is 6.58. The van der Waals surface area contributed by atoms with Crippen LogP contribution in [0.4, 0.5) is 5.82 Å². The third-order valence-electron chi connectivity index (χ3n) is 4.82. The van der Waals surface area contributed by atoms with Gasteiger partial charge in [-0.15, -0.1) is 0 Å². The van der Waals surface area contributed by atoms with Crippen LogP contribution in [0.15, 0.2) is 47.6 Å². The molecule has 2 N–H and O–H groups in total. The van der Waals surface area contributed by atoms with Gasteiger partial charge in [0, 0.05) is 25.8 Å². The van der Waals surface area contributed by atoms with Crippen LogP contribution in [0.5, 0.6) is 5.75 Å². The molecule has 1 aromatic carbocycles. The molecule has 2 aromatic rings. The Morgan fingerprint density at radius 1 is 1.23 bits per heavy atom. The summed E-state index contributed by atoms with van der Waals surface area (Å²) in [4.78, 5) is 11.5. The standard InChI is InChI=1S/C23H33N5O2/c1-4-24-23(25-11-13-30-21-8-5-18(2)6-9-21)27-16-20-7-10-22(26-15-20)28-12-14-29-19(3)17-28/h5-10,15,19H,4,11-14,16-17H2,1-3H3,(H2,24,25,27). The van der Waals surface area contributed by atoms with E-state index in [0.717, 1.165) is 49.3 Å². The fourth-order valence-electron chi connectivity index (χ4n) is 3.21. The number of aromatic nitrogens is 1. The lowest BCUT2D eigenvalue weighted by atomic mass is 10.2. The summed E-state index contributed by atoms with van der Waals surface area (Å²) in [6, 6.07) is 12.2. The van der Waals surface area contributed by atoms with Gasteiger partial charge in [-0.2, -0.15) is 0 Å². The van der Waals surface area contributed by atoms with Crippen molar-refractivity contribution in [2.45, 2.75) is 33.4 Å². The third-order valence-corrected chi connectivity index (χ3v) is 4.82. The van der Waals surface area contributed by atoms with Gasteiger partial charge in [0.1, 0.15) is 18.2 Å². The molecule has 7 nitrogen and oxygen atoms in total. The molecule has 1 saturated heterocycles. The number of benzene rings is 1. The normalized spacial score (nSPS) is 17.0. The minimum absolute atomic E-state index is 0.244. The Bertz CT molecular complexity index is 792. The molecule has 0 spiro atoms. The Morgan fingerprint density at radius 2 is 2.07 bits per heavy atom. The van der Waals surface area contributed by atoms with E-state index in [9.17, 15) is 0 Å². The van der Waals surface area contributed by atoms with Gasteiger partial charge in [-0.3, -0.25) is 0 Å². The van der Waals surface area contributed by atoms with Gasteiger partial charge in [-0.1, -0.05) is 23.8 Å². The lowest BCUT2D eigenvalue weighted by molar-refractivity contribution is 0.0529. The second kappa shape index (κ2) is 11.4. The van der Waals surface area contributed by atoms with Gasteiger partial charge in [0.25, 0.3) is 0 Å². The number of guanidine groups is 1. The zero-order valence-corrected chi connectivity index (χ0v) is 18.2. The van der Waals surface area contributed by atoms with Crippen LogP contribution in [0.2, 0.25) is 0 Å². The van der Waals surface area contributed by atoms with E-state index in [0.29, 0.717) is 19.7 Å². The predicted molar refractivity (Wildman–Crippen MR) is 121 cm³/mol. The second-order valence-corrected chi connectivity index (χ2v) is 7.44. The van der Waals surface area contributed by atoms with Crippen molar-refractivity contribution in [1.29, 1.82) is 0 Å². The molecule has 0 bridgehead atoms. The van der Waals surface area contributed by atoms with Crippen LogP contribution in [-0.2, 0) is 11.3 Å².